The third kappa shape index (κ3) is 1.50. The van der Waals surface area contributed by atoms with Crippen molar-refractivity contribution in [2.45, 2.75) is 26.3 Å². The highest BCUT2D eigenvalue weighted by molar-refractivity contribution is 5.40. The SMILES string of the molecule is CN(c1cccnn1)C1CC1(C)C. The molecule has 1 saturated carbocycles. The smallest absolute Gasteiger partial charge is 0.151 e. The summed E-state index contributed by atoms with van der Waals surface area (Å²) in [6.45, 7) is 4.56. The molecule has 1 aliphatic carbocycles. The summed E-state index contributed by atoms with van der Waals surface area (Å²) in [5.74, 6) is 0.970. The van der Waals surface area contributed by atoms with Crippen LogP contribution in [0.4, 0.5) is 5.82 Å². The average molecular weight is 177 g/mol. The molecule has 0 bridgehead atoms. The predicted molar refractivity (Wildman–Crippen MR) is 52.6 cm³/mol. The molecule has 1 aromatic heterocycles. The number of hydrogen-bond donors (Lipinski definition) is 0. The van der Waals surface area contributed by atoms with Crippen molar-refractivity contribution in [3.8, 4) is 0 Å². The Labute approximate surface area is 78.8 Å². The molecule has 1 aromatic rings. The molecule has 0 spiro atoms. The van der Waals surface area contributed by atoms with E-state index in [-0.39, 0.29) is 0 Å². The highest BCUT2D eigenvalue weighted by Gasteiger charge is 2.48. The summed E-state index contributed by atoms with van der Waals surface area (Å²) in [5.41, 5.74) is 0.451. The van der Waals surface area contributed by atoms with Gasteiger partial charge in [0.1, 0.15) is 0 Å². The highest BCUT2D eigenvalue weighted by atomic mass is 15.3. The molecule has 13 heavy (non-hydrogen) atoms. The maximum absolute atomic E-state index is 4.08. The van der Waals surface area contributed by atoms with Gasteiger partial charge in [-0.25, -0.2) is 0 Å². The lowest BCUT2D eigenvalue weighted by molar-refractivity contribution is 0.601. The number of anilines is 1. The van der Waals surface area contributed by atoms with Crippen molar-refractivity contribution in [3.05, 3.63) is 18.3 Å². The summed E-state index contributed by atoms with van der Waals surface area (Å²) in [7, 11) is 2.09. The molecule has 0 aromatic carbocycles. The Morgan fingerprint density at radius 2 is 2.23 bits per heavy atom. The number of aromatic nitrogens is 2. The summed E-state index contributed by atoms with van der Waals surface area (Å²) < 4.78 is 0. The van der Waals surface area contributed by atoms with E-state index in [0.29, 0.717) is 11.5 Å². The van der Waals surface area contributed by atoms with Crippen molar-refractivity contribution < 1.29 is 0 Å². The fourth-order valence-corrected chi connectivity index (χ4v) is 1.74. The van der Waals surface area contributed by atoms with Crippen molar-refractivity contribution in [2.75, 3.05) is 11.9 Å². The first kappa shape index (κ1) is 8.48. The van der Waals surface area contributed by atoms with E-state index in [0.717, 1.165) is 5.82 Å². The van der Waals surface area contributed by atoms with Gasteiger partial charge < -0.3 is 4.90 Å². The van der Waals surface area contributed by atoms with Crippen LogP contribution in [0.5, 0.6) is 0 Å². The molecule has 0 radical (unpaired) electrons. The van der Waals surface area contributed by atoms with Crippen LogP contribution in [0.3, 0.4) is 0 Å². The largest absolute Gasteiger partial charge is 0.355 e. The Morgan fingerprint density at radius 3 is 2.69 bits per heavy atom. The molecule has 3 heteroatoms. The topological polar surface area (TPSA) is 29.0 Å². The van der Waals surface area contributed by atoms with Crippen molar-refractivity contribution >= 4 is 5.82 Å². The minimum Gasteiger partial charge on any atom is -0.355 e. The van der Waals surface area contributed by atoms with Crippen molar-refractivity contribution in [1.82, 2.24) is 10.2 Å². The van der Waals surface area contributed by atoms with Gasteiger partial charge in [0.15, 0.2) is 5.82 Å². The number of nitrogens with zero attached hydrogens (tertiary/aromatic N) is 3. The second-order valence-corrected chi connectivity index (χ2v) is 4.40. The van der Waals surface area contributed by atoms with Gasteiger partial charge in [0.25, 0.3) is 0 Å². The number of hydrogen-bond acceptors (Lipinski definition) is 3. The molecule has 0 saturated heterocycles. The zero-order valence-corrected chi connectivity index (χ0v) is 8.36. The third-order valence-corrected chi connectivity index (χ3v) is 2.85. The summed E-state index contributed by atoms with van der Waals surface area (Å²) >= 11 is 0. The minimum absolute atomic E-state index is 0.451. The van der Waals surface area contributed by atoms with Crippen molar-refractivity contribution in [1.29, 1.82) is 0 Å². The first-order valence-electron chi connectivity index (χ1n) is 4.62. The summed E-state index contributed by atoms with van der Waals surface area (Å²) in [6.07, 6.45) is 2.95. The molecule has 0 aliphatic heterocycles. The summed E-state index contributed by atoms with van der Waals surface area (Å²) in [5, 5.41) is 7.95. The molecule has 1 heterocycles. The van der Waals surface area contributed by atoms with E-state index in [2.05, 4.69) is 36.0 Å². The molecule has 3 nitrogen and oxygen atoms in total. The molecular weight excluding hydrogens is 162 g/mol. The predicted octanol–water partition coefficient (Wildman–Crippen LogP) is 1.71. The third-order valence-electron chi connectivity index (χ3n) is 2.85. The van der Waals surface area contributed by atoms with Crippen LogP contribution in [0.1, 0.15) is 20.3 Å². The molecule has 0 amide bonds. The van der Waals surface area contributed by atoms with Crippen LogP contribution in [0.2, 0.25) is 0 Å². The summed E-state index contributed by atoms with van der Waals surface area (Å²) in [4.78, 5) is 2.22. The van der Waals surface area contributed by atoms with Crippen LogP contribution in [0, 0.1) is 5.41 Å². The van der Waals surface area contributed by atoms with Gasteiger partial charge in [-0.1, -0.05) is 13.8 Å². The lowest BCUT2D eigenvalue weighted by atomic mass is 10.2. The highest BCUT2D eigenvalue weighted by Crippen LogP contribution is 2.48. The van der Waals surface area contributed by atoms with Crippen LogP contribution < -0.4 is 4.90 Å². The molecular formula is C10H15N3. The fraction of sp³-hybridized carbons (Fsp3) is 0.600. The first-order chi connectivity index (χ1) is 6.11. The molecule has 1 aliphatic rings. The van der Waals surface area contributed by atoms with Crippen LogP contribution in [0.15, 0.2) is 18.3 Å². The first-order valence-corrected chi connectivity index (χ1v) is 4.62. The zero-order chi connectivity index (χ0) is 9.47. The van der Waals surface area contributed by atoms with E-state index in [1.165, 1.54) is 6.42 Å². The molecule has 70 valence electrons. The Hall–Kier alpha value is -1.12. The number of rotatable bonds is 2. The second kappa shape index (κ2) is 2.69. The quantitative estimate of drug-likeness (QED) is 0.688. The molecule has 1 unspecified atom stereocenters. The second-order valence-electron chi connectivity index (χ2n) is 4.40. The van der Waals surface area contributed by atoms with Gasteiger partial charge in [0.2, 0.25) is 0 Å². The van der Waals surface area contributed by atoms with Crippen LogP contribution in [-0.4, -0.2) is 23.3 Å². The van der Waals surface area contributed by atoms with Gasteiger partial charge in [0, 0.05) is 19.3 Å². The molecule has 2 rings (SSSR count). The van der Waals surface area contributed by atoms with Gasteiger partial charge in [-0.15, -0.1) is 5.10 Å². The van der Waals surface area contributed by atoms with Gasteiger partial charge in [-0.3, -0.25) is 0 Å². The van der Waals surface area contributed by atoms with Crippen LogP contribution in [-0.2, 0) is 0 Å². The van der Waals surface area contributed by atoms with E-state index >= 15 is 0 Å². The van der Waals surface area contributed by atoms with Crippen molar-refractivity contribution in [3.63, 3.8) is 0 Å². The van der Waals surface area contributed by atoms with Gasteiger partial charge in [-0.2, -0.15) is 5.10 Å². The van der Waals surface area contributed by atoms with Crippen molar-refractivity contribution in [2.24, 2.45) is 5.41 Å². The van der Waals surface area contributed by atoms with Gasteiger partial charge in [0.05, 0.1) is 0 Å². The van der Waals surface area contributed by atoms with E-state index in [9.17, 15) is 0 Å². The standard InChI is InChI=1S/C10H15N3/c1-10(2)7-8(10)13(3)9-5-4-6-11-12-9/h4-6,8H,7H2,1-3H3. The van der Waals surface area contributed by atoms with E-state index in [1.54, 1.807) is 6.20 Å². The Kier molecular flexibility index (Phi) is 1.75. The maximum atomic E-state index is 4.08. The van der Waals surface area contributed by atoms with E-state index < -0.39 is 0 Å². The van der Waals surface area contributed by atoms with Crippen LogP contribution >= 0.6 is 0 Å². The molecule has 0 N–H and O–H groups in total. The molecule has 1 atom stereocenters. The lowest BCUT2D eigenvalue weighted by Crippen LogP contribution is -2.24. The normalized spacial score (nSPS) is 24.1. The van der Waals surface area contributed by atoms with Crippen LogP contribution in [0.25, 0.3) is 0 Å². The molecule has 1 fully saturated rings. The average Bonchev–Trinajstić information content (AvgIpc) is 2.76. The van der Waals surface area contributed by atoms with Gasteiger partial charge >= 0.3 is 0 Å². The monoisotopic (exact) mass is 177 g/mol. The van der Waals surface area contributed by atoms with E-state index in [1.807, 2.05) is 12.1 Å². The van der Waals surface area contributed by atoms with Gasteiger partial charge in [-0.05, 0) is 24.0 Å². The zero-order valence-electron chi connectivity index (χ0n) is 8.36. The Bertz CT molecular complexity index is 294. The Morgan fingerprint density at radius 1 is 1.54 bits per heavy atom. The minimum atomic E-state index is 0.451. The maximum Gasteiger partial charge on any atom is 0.151 e. The lowest BCUT2D eigenvalue weighted by Gasteiger charge is -2.18. The Balaban J connectivity index is 2.12. The summed E-state index contributed by atoms with van der Waals surface area (Å²) in [6, 6.07) is 4.56. The van der Waals surface area contributed by atoms with E-state index in [4.69, 9.17) is 0 Å². The fourth-order valence-electron chi connectivity index (χ4n) is 1.74.